The zero-order valence-electron chi connectivity index (χ0n) is 36.5. The van der Waals surface area contributed by atoms with Crippen molar-refractivity contribution in [3.63, 3.8) is 0 Å². The van der Waals surface area contributed by atoms with Crippen LogP contribution in [0.3, 0.4) is 0 Å². The molecule has 2 aliphatic carbocycles. The first kappa shape index (κ1) is 36.2. The first-order chi connectivity index (χ1) is 28.6. The minimum absolute atomic E-state index is 0.104. The summed E-state index contributed by atoms with van der Waals surface area (Å²) in [5.41, 5.74) is 18.2. The Kier molecular flexibility index (Phi) is 6.95. The van der Waals surface area contributed by atoms with E-state index in [9.17, 15) is 0 Å². The molecule has 2 aromatic heterocycles. The highest BCUT2D eigenvalue weighted by molar-refractivity contribution is 8.02. The third-order valence-corrected chi connectivity index (χ3v) is 19.0. The van der Waals surface area contributed by atoms with Crippen LogP contribution in [-0.4, -0.2) is 16.5 Å². The molecule has 5 aliphatic rings. The van der Waals surface area contributed by atoms with Crippen LogP contribution in [0.2, 0.25) is 0 Å². The van der Waals surface area contributed by atoms with Gasteiger partial charge in [0, 0.05) is 53.4 Å². The molecule has 6 aromatic carbocycles. The SMILES string of the molecule is Cc1cc2c(cc1N1c3cc4ccccc4c4c3B(C3Sc5cc6c(cc5C31)C(C)(C)CCC6(C)C)n1c3sc5ccccc5c3c3cccc-4c31)C(C)(C)CCC2(C)C. The first-order valence-corrected chi connectivity index (χ1v) is 24.1. The molecule has 60 heavy (non-hydrogen) atoms. The van der Waals surface area contributed by atoms with E-state index < -0.39 is 0 Å². The molecule has 13 rings (SSSR count). The number of hydrogen-bond donors (Lipinski definition) is 0. The van der Waals surface area contributed by atoms with Crippen molar-refractivity contribution in [1.29, 1.82) is 0 Å². The normalized spacial score (nSPS) is 22.2. The van der Waals surface area contributed by atoms with Crippen molar-refractivity contribution in [3.05, 3.63) is 130 Å². The predicted molar refractivity (Wildman–Crippen MR) is 261 cm³/mol. The van der Waals surface area contributed by atoms with Gasteiger partial charge in [0.2, 0.25) is 0 Å². The molecule has 8 aromatic rings. The molecule has 2 nitrogen and oxygen atoms in total. The van der Waals surface area contributed by atoms with E-state index in [1.54, 1.807) is 16.7 Å². The lowest BCUT2D eigenvalue weighted by atomic mass is 9.45. The van der Waals surface area contributed by atoms with Crippen LogP contribution < -0.4 is 10.4 Å². The Labute approximate surface area is 363 Å². The predicted octanol–water partition coefficient (Wildman–Crippen LogP) is 14.8. The Morgan fingerprint density at radius 1 is 0.617 bits per heavy atom. The lowest BCUT2D eigenvalue weighted by molar-refractivity contribution is 0.330. The van der Waals surface area contributed by atoms with Crippen LogP contribution in [0.15, 0.2) is 102 Å². The first-order valence-electron chi connectivity index (χ1n) is 22.5. The minimum atomic E-state index is 0.104. The smallest absolute Gasteiger partial charge is 0.313 e. The highest BCUT2D eigenvalue weighted by atomic mass is 32.2. The van der Waals surface area contributed by atoms with Crippen molar-refractivity contribution in [2.45, 2.75) is 126 Å². The molecule has 2 unspecified atom stereocenters. The van der Waals surface area contributed by atoms with E-state index >= 15 is 0 Å². The van der Waals surface area contributed by atoms with Crippen LogP contribution in [0.5, 0.6) is 0 Å². The molecule has 298 valence electrons. The fourth-order valence-corrected chi connectivity index (χ4v) is 15.7. The van der Waals surface area contributed by atoms with E-state index in [2.05, 4.69) is 181 Å². The number of rotatable bonds is 1. The Balaban J connectivity index is 1.19. The number of aromatic nitrogens is 1. The maximum Gasteiger partial charge on any atom is 0.313 e. The number of nitrogens with zero attached hydrogens (tertiary/aromatic N) is 2. The number of thiophene rings is 1. The Morgan fingerprint density at radius 2 is 1.23 bits per heavy atom. The quantitative estimate of drug-likeness (QED) is 0.153. The van der Waals surface area contributed by atoms with Gasteiger partial charge in [-0.2, -0.15) is 0 Å². The standard InChI is InChI=1S/C55H53BN2S2/c1-30-25-37-39(54(6,7)23-21-52(37,2)3)28-41(30)57-42-26-31-15-10-11-16-32(31)45-34-18-14-19-35-46-33-17-12-13-20-43(33)60-51(46)58(48(34)35)56(47(42)45)50-49(57)36-27-38-40(29-44(36)59-50)55(8,9)24-22-53(38,4)5/h10-20,25-29,49-50H,21-24H2,1-9H3. The largest absolute Gasteiger partial charge is 0.370 e. The zero-order valence-corrected chi connectivity index (χ0v) is 38.1. The van der Waals surface area contributed by atoms with Gasteiger partial charge in [0.05, 0.1) is 10.9 Å². The van der Waals surface area contributed by atoms with Crippen LogP contribution in [0.4, 0.5) is 11.4 Å². The Hall–Kier alpha value is -4.45. The van der Waals surface area contributed by atoms with Crippen LogP contribution >= 0.6 is 23.1 Å². The fourth-order valence-electron chi connectivity index (χ4n) is 12.9. The molecule has 0 fully saturated rings. The molecular formula is C55H53BN2S2. The molecule has 0 radical (unpaired) electrons. The molecule has 0 spiro atoms. The summed E-state index contributed by atoms with van der Waals surface area (Å²) in [4.78, 5) is 5.81. The van der Waals surface area contributed by atoms with Gasteiger partial charge in [0.15, 0.2) is 0 Å². The van der Waals surface area contributed by atoms with Crippen LogP contribution in [0.25, 0.3) is 53.1 Å². The number of hydrogen-bond acceptors (Lipinski definition) is 3. The average Bonchev–Trinajstić information content (AvgIpc) is 3.89. The maximum absolute atomic E-state index is 2.89. The van der Waals surface area contributed by atoms with Crippen molar-refractivity contribution in [2.24, 2.45) is 0 Å². The van der Waals surface area contributed by atoms with Gasteiger partial charge in [-0.05, 0) is 134 Å². The molecule has 0 bridgehead atoms. The zero-order chi connectivity index (χ0) is 41.0. The third kappa shape index (κ3) is 4.49. The van der Waals surface area contributed by atoms with Gasteiger partial charge in [-0.15, -0.1) is 23.1 Å². The number of fused-ring (bicyclic) bond motifs is 15. The van der Waals surface area contributed by atoms with Gasteiger partial charge in [-0.25, -0.2) is 0 Å². The molecule has 0 saturated carbocycles. The highest BCUT2D eigenvalue weighted by Gasteiger charge is 2.56. The fraction of sp³-hybridized carbons (Fsp3) is 0.345. The molecule has 3 aliphatic heterocycles. The maximum atomic E-state index is 2.89. The van der Waals surface area contributed by atoms with E-state index in [1.165, 1.54) is 117 Å². The number of anilines is 2. The van der Waals surface area contributed by atoms with Crippen molar-refractivity contribution in [1.82, 2.24) is 4.48 Å². The molecule has 0 saturated heterocycles. The van der Waals surface area contributed by atoms with Gasteiger partial charge >= 0.3 is 6.85 Å². The minimum Gasteiger partial charge on any atom is -0.370 e. The summed E-state index contributed by atoms with van der Waals surface area (Å²) in [6, 6.07) is 39.0. The summed E-state index contributed by atoms with van der Waals surface area (Å²) in [5, 5.41) is 7.18. The molecular weight excluding hydrogens is 764 g/mol. The van der Waals surface area contributed by atoms with E-state index in [0.29, 0.717) is 0 Å². The molecule has 2 atom stereocenters. The van der Waals surface area contributed by atoms with E-state index in [1.807, 2.05) is 11.3 Å². The lowest BCUT2D eigenvalue weighted by Gasteiger charge is -2.48. The van der Waals surface area contributed by atoms with Gasteiger partial charge in [0.25, 0.3) is 0 Å². The van der Waals surface area contributed by atoms with Crippen LogP contribution in [0.1, 0.15) is 120 Å². The number of thioether (sulfide) groups is 1. The van der Waals surface area contributed by atoms with Gasteiger partial charge in [-0.3, -0.25) is 0 Å². The monoisotopic (exact) mass is 816 g/mol. The molecule has 5 heterocycles. The lowest BCUT2D eigenvalue weighted by Crippen LogP contribution is -2.58. The molecule has 0 N–H and O–H groups in total. The van der Waals surface area contributed by atoms with Crippen molar-refractivity contribution in [2.75, 3.05) is 4.90 Å². The number of aryl methyl sites for hydroxylation is 1. The number of para-hydroxylation sites is 1. The Morgan fingerprint density at radius 3 is 1.97 bits per heavy atom. The van der Waals surface area contributed by atoms with E-state index in [0.717, 1.165) is 0 Å². The molecule has 0 amide bonds. The average molecular weight is 817 g/mol. The van der Waals surface area contributed by atoms with Crippen LogP contribution in [0, 0.1) is 6.92 Å². The van der Waals surface area contributed by atoms with Crippen molar-refractivity contribution < 1.29 is 0 Å². The topological polar surface area (TPSA) is 8.17 Å². The summed E-state index contributed by atoms with van der Waals surface area (Å²) < 4.78 is 4.24. The van der Waals surface area contributed by atoms with Gasteiger partial charge in [-0.1, -0.05) is 128 Å². The second-order valence-corrected chi connectivity index (χ2v) is 24.0. The summed E-state index contributed by atoms with van der Waals surface area (Å²) >= 11 is 4.19. The summed E-state index contributed by atoms with van der Waals surface area (Å²) in [5.74, 6) is 0. The van der Waals surface area contributed by atoms with Gasteiger partial charge in [0.1, 0.15) is 0 Å². The summed E-state index contributed by atoms with van der Waals surface area (Å²) in [6.07, 6.45) is 4.87. The highest BCUT2D eigenvalue weighted by Crippen LogP contribution is 2.61. The van der Waals surface area contributed by atoms with Crippen molar-refractivity contribution in [3.8, 4) is 11.1 Å². The van der Waals surface area contributed by atoms with E-state index in [4.69, 9.17) is 0 Å². The number of benzene rings is 6. The van der Waals surface area contributed by atoms with Gasteiger partial charge < -0.3 is 9.38 Å². The summed E-state index contributed by atoms with van der Waals surface area (Å²) in [6.45, 7) is 22.5. The third-order valence-electron chi connectivity index (χ3n) is 16.4. The second kappa shape index (κ2) is 11.5. The Bertz CT molecular complexity index is 3250. The van der Waals surface area contributed by atoms with Crippen molar-refractivity contribution >= 4 is 88.8 Å². The second-order valence-electron chi connectivity index (χ2n) is 21.8. The van der Waals surface area contributed by atoms with Crippen LogP contribution in [-0.2, 0) is 21.7 Å². The summed E-state index contributed by atoms with van der Waals surface area (Å²) in [7, 11) is 0. The van der Waals surface area contributed by atoms with E-state index in [-0.39, 0.29) is 39.7 Å². The molecule has 5 heteroatoms.